The second kappa shape index (κ2) is 6.16. The van der Waals surface area contributed by atoms with Crippen LogP contribution in [0.15, 0.2) is 0 Å². The van der Waals surface area contributed by atoms with Crippen LogP contribution in [0.5, 0.6) is 0 Å². The van der Waals surface area contributed by atoms with Crippen molar-refractivity contribution in [1.29, 1.82) is 0 Å². The van der Waals surface area contributed by atoms with Crippen LogP contribution in [-0.4, -0.2) is 35.6 Å². The van der Waals surface area contributed by atoms with Gasteiger partial charge in [0.2, 0.25) is 0 Å². The van der Waals surface area contributed by atoms with Gasteiger partial charge in [0, 0.05) is 0 Å². The molecule has 3 heteroatoms. The summed E-state index contributed by atoms with van der Waals surface area (Å²) in [5.41, 5.74) is 0. The highest BCUT2D eigenvalue weighted by Crippen LogP contribution is 2.05. The van der Waals surface area contributed by atoms with Crippen LogP contribution in [0.25, 0.3) is 0 Å². The number of carboxylic acid groups (broad SMARTS) is 1. The third-order valence-corrected chi connectivity index (χ3v) is 1.56. The molecule has 1 aliphatic rings. The van der Waals surface area contributed by atoms with E-state index < -0.39 is 5.97 Å². The van der Waals surface area contributed by atoms with E-state index in [1.54, 1.807) is 0 Å². The highest BCUT2D eigenvalue weighted by atomic mass is 16.4. The number of aliphatic carboxylic acids is 1. The summed E-state index contributed by atoms with van der Waals surface area (Å²) in [6.45, 7) is 6.15. The molecule has 0 radical (unpaired) electrons. The minimum atomic E-state index is -0.711. The molecular weight excluding hydrogens is 142 g/mol. The van der Waals surface area contributed by atoms with Crippen molar-refractivity contribution in [2.75, 3.05) is 19.6 Å². The molecule has 1 heterocycles. The van der Waals surface area contributed by atoms with Crippen molar-refractivity contribution in [1.82, 2.24) is 4.90 Å². The predicted octanol–water partition coefficient (Wildman–Crippen LogP) is 1.19. The van der Waals surface area contributed by atoms with Gasteiger partial charge >= 0.3 is 5.97 Å². The molecule has 1 saturated heterocycles. The molecule has 0 saturated carbocycles. The fourth-order valence-corrected chi connectivity index (χ4v) is 1.13. The van der Waals surface area contributed by atoms with Crippen LogP contribution >= 0.6 is 0 Å². The molecule has 0 aromatic heterocycles. The Morgan fingerprint density at radius 3 is 2.18 bits per heavy atom. The van der Waals surface area contributed by atoms with E-state index in [1.807, 2.05) is 18.7 Å². The van der Waals surface area contributed by atoms with E-state index in [9.17, 15) is 4.79 Å². The smallest absolute Gasteiger partial charge is 0.317 e. The third-order valence-electron chi connectivity index (χ3n) is 1.56. The van der Waals surface area contributed by atoms with E-state index in [0.29, 0.717) is 0 Å². The number of hydrogen-bond acceptors (Lipinski definition) is 2. The first-order chi connectivity index (χ1) is 5.29. The van der Waals surface area contributed by atoms with Gasteiger partial charge in [-0.05, 0) is 25.9 Å². The minimum absolute atomic E-state index is 0.222. The van der Waals surface area contributed by atoms with Crippen LogP contribution < -0.4 is 0 Å². The zero-order valence-corrected chi connectivity index (χ0v) is 7.34. The Labute approximate surface area is 68.0 Å². The van der Waals surface area contributed by atoms with Crippen LogP contribution in [0.2, 0.25) is 0 Å². The lowest BCUT2D eigenvalue weighted by Gasteiger charge is -2.09. The lowest BCUT2D eigenvalue weighted by atomic mass is 10.4. The fourth-order valence-electron chi connectivity index (χ4n) is 1.13. The molecule has 3 nitrogen and oxygen atoms in total. The number of carbonyl (C=O) groups is 1. The monoisotopic (exact) mass is 159 g/mol. The second-order valence-electron chi connectivity index (χ2n) is 2.38. The molecule has 0 aromatic rings. The standard InChI is InChI=1S/C6H11NO2.C2H6/c8-6(9)5-7-3-1-2-4-7;1-2/h1-5H2,(H,8,9);1-2H3. The zero-order valence-electron chi connectivity index (χ0n) is 7.34. The summed E-state index contributed by atoms with van der Waals surface area (Å²) in [6.07, 6.45) is 2.32. The van der Waals surface area contributed by atoms with Gasteiger partial charge in [-0.15, -0.1) is 0 Å². The Morgan fingerprint density at radius 2 is 1.82 bits per heavy atom. The normalized spacial score (nSPS) is 17.3. The molecule has 1 fully saturated rings. The van der Waals surface area contributed by atoms with Crippen molar-refractivity contribution >= 4 is 5.97 Å². The van der Waals surface area contributed by atoms with Crippen LogP contribution in [0.4, 0.5) is 0 Å². The molecule has 0 aliphatic carbocycles. The summed E-state index contributed by atoms with van der Waals surface area (Å²) in [4.78, 5) is 12.1. The van der Waals surface area contributed by atoms with Crippen molar-refractivity contribution < 1.29 is 9.90 Å². The number of carboxylic acids is 1. The number of nitrogens with zero attached hydrogens (tertiary/aromatic N) is 1. The second-order valence-corrected chi connectivity index (χ2v) is 2.38. The van der Waals surface area contributed by atoms with E-state index in [4.69, 9.17) is 5.11 Å². The maximum Gasteiger partial charge on any atom is 0.317 e. The molecule has 0 bridgehead atoms. The summed E-state index contributed by atoms with van der Waals surface area (Å²) in [7, 11) is 0. The Balaban J connectivity index is 0.000000461. The van der Waals surface area contributed by atoms with E-state index in [1.165, 1.54) is 0 Å². The van der Waals surface area contributed by atoms with Crippen LogP contribution in [-0.2, 0) is 4.79 Å². The van der Waals surface area contributed by atoms with Crippen molar-refractivity contribution in [3.8, 4) is 0 Å². The summed E-state index contributed by atoms with van der Waals surface area (Å²) in [6, 6.07) is 0. The predicted molar refractivity (Wildman–Crippen MR) is 44.7 cm³/mol. The van der Waals surface area contributed by atoms with Gasteiger partial charge in [0.05, 0.1) is 6.54 Å². The minimum Gasteiger partial charge on any atom is -0.480 e. The summed E-state index contributed by atoms with van der Waals surface area (Å²) < 4.78 is 0. The third kappa shape index (κ3) is 4.79. The molecule has 0 aromatic carbocycles. The van der Waals surface area contributed by atoms with Gasteiger partial charge < -0.3 is 5.11 Å². The van der Waals surface area contributed by atoms with E-state index in [0.717, 1.165) is 25.9 Å². The van der Waals surface area contributed by atoms with Gasteiger partial charge in [-0.1, -0.05) is 13.8 Å². The highest BCUT2D eigenvalue weighted by Gasteiger charge is 2.13. The summed E-state index contributed by atoms with van der Waals surface area (Å²) in [5.74, 6) is -0.711. The van der Waals surface area contributed by atoms with Gasteiger partial charge in [0.25, 0.3) is 0 Å². The van der Waals surface area contributed by atoms with Gasteiger partial charge in [0.15, 0.2) is 0 Å². The first-order valence-corrected chi connectivity index (χ1v) is 4.23. The molecule has 66 valence electrons. The molecule has 1 aliphatic heterocycles. The SMILES string of the molecule is CC.O=C(O)CN1CCCC1. The van der Waals surface area contributed by atoms with Gasteiger partial charge in [-0.25, -0.2) is 0 Å². The first kappa shape index (κ1) is 10.4. The van der Waals surface area contributed by atoms with Gasteiger partial charge in [-0.2, -0.15) is 0 Å². The largest absolute Gasteiger partial charge is 0.480 e. The quantitative estimate of drug-likeness (QED) is 0.658. The number of hydrogen-bond donors (Lipinski definition) is 1. The molecule has 0 amide bonds. The van der Waals surface area contributed by atoms with E-state index in [-0.39, 0.29) is 6.54 Å². The average molecular weight is 159 g/mol. The summed E-state index contributed by atoms with van der Waals surface area (Å²) >= 11 is 0. The molecule has 11 heavy (non-hydrogen) atoms. The lowest BCUT2D eigenvalue weighted by Crippen LogP contribution is -2.26. The average Bonchev–Trinajstić information content (AvgIpc) is 2.43. The van der Waals surface area contributed by atoms with Crippen LogP contribution in [0.3, 0.4) is 0 Å². The van der Waals surface area contributed by atoms with Crippen LogP contribution in [0.1, 0.15) is 26.7 Å². The van der Waals surface area contributed by atoms with E-state index in [2.05, 4.69) is 0 Å². The molecule has 0 atom stereocenters. The maximum atomic E-state index is 10.1. The lowest BCUT2D eigenvalue weighted by molar-refractivity contribution is -0.138. The highest BCUT2D eigenvalue weighted by molar-refractivity contribution is 5.69. The van der Waals surface area contributed by atoms with Crippen LogP contribution in [0, 0.1) is 0 Å². The Morgan fingerprint density at radius 1 is 1.36 bits per heavy atom. The van der Waals surface area contributed by atoms with Gasteiger partial charge in [0.1, 0.15) is 0 Å². The zero-order chi connectivity index (χ0) is 8.69. The fraction of sp³-hybridized carbons (Fsp3) is 0.875. The van der Waals surface area contributed by atoms with Crippen molar-refractivity contribution in [3.63, 3.8) is 0 Å². The topological polar surface area (TPSA) is 40.5 Å². The van der Waals surface area contributed by atoms with Crippen molar-refractivity contribution in [2.24, 2.45) is 0 Å². The molecule has 0 unspecified atom stereocenters. The molecular formula is C8H17NO2. The Kier molecular flexibility index (Phi) is 5.84. The molecule has 1 N–H and O–H groups in total. The number of rotatable bonds is 2. The Hall–Kier alpha value is -0.570. The molecule has 1 rings (SSSR count). The molecule has 0 spiro atoms. The summed E-state index contributed by atoms with van der Waals surface area (Å²) in [5, 5.41) is 8.33. The maximum absolute atomic E-state index is 10.1. The Bertz CT molecular complexity index is 109. The first-order valence-electron chi connectivity index (χ1n) is 4.23. The number of likely N-dealkylation sites (tertiary alicyclic amines) is 1. The van der Waals surface area contributed by atoms with Gasteiger partial charge in [-0.3, -0.25) is 9.69 Å². The van der Waals surface area contributed by atoms with E-state index >= 15 is 0 Å². The van der Waals surface area contributed by atoms with Crippen molar-refractivity contribution in [2.45, 2.75) is 26.7 Å². The van der Waals surface area contributed by atoms with Crippen molar-refractivity contribution in [3.05, 3.63) is 0 Å².